The van der Waals surface area contributed by atoms with Gasteiger partial charge >= 0.3 is 0 Å². The van der Waals surface area contributed by atoms with Gasteiger partial charge in [0.05, 0.1) is 11.3 Å². The molecule has 1 amide bonds. The molecule has 0 radical (unpaired) electrons. The molecule has 2 heterocycles. The topological polar surface area (TPSA) is 99.7 Å². The molecule has 1 saturated heterocycles. The number of benzene rings is 2. The van der Waals surface area contributed by atoms with Crippen LogP contribution in [0.4, 0.5) is 10.8 Å². The minimum atomic E-state index is -3.69. The van der Waals surface area contributed by atoms with Gasteiger partial charge in [-0.05, 0) is 24.3 Å². The van der Waals surface area contributed by atoms with Crippen LogP contribution in [0.15, 0.2) is 71.1 Å². The summed E-state index contributed by atoms with van der Waals surface area (Å²) >= 11 is 1.21. The predicted octanol–water partition coefficient (Wildman–Crippen LogP) is 2.87. The summed E-state index contributed by atoms with van der Waals surface area (Å²) < 4.78 is 27.4. The van der Waals surface area contributed by atoms with E-state index >= 15 is 0 Å². The lowest BCUT2D eigenvalue weighted by Crippen LogP contribution is -2.49. The fourth-order valence-electron chi connectivity index (χ4n) is 3.47. The number of rotatable bonds is 7. The third-order valence-corrected chi connectivity index (χ3v) is 7.38. The Morgan fingerprint density at radius 3 is 2.28 bits per heavy atom. The summed E-state index contributed by atoms with van der Waals surface area (Å²) in [7, 11) is -3.69. The number of nitrogens with zero attached hydrogens (tertiary/aromatic N) is 3. The van der Waals surface area contributed by atoms with Gasteiger partial charge in [-0.15, -0.1) is 11.3 Å². The summed E-state index contributed by atoms with van der Waals surface area (Å²) in [4.78, 5) is 32.7. The third kappa shape index (κ3) is 5.14. The van der Waals surface area contributed by atoms with Crippen molar-refractivity contribution in [1.29, 1.82) is 0 Å². The van der Waals surface area contributed by atoms with Crippen LogP contribution in [0.3, 0.4) is 0 Å². The average Bonchev–Trinajstić information content (AvgIpc) is 3.32. The van der Waals surface area contributed by atoms with Crippen LogP contribution in [0.2, 0.25) is 0 Å². The van der Waals surface area contributed by atoms with E-state index in [1.807, 2.05) is 6.07 Å². The van der Waals surface area contributed by atoms with Gasteiger partial charge in [0.25, 0.3) is 10.0 Å². The molecule has 2 aromatic carbocycles. The molecule has 4 rings (SSSR count). The number of anilines is 2. The van der Waals surface area contributed by atoms with Crippen LogP contribution in [-0.4, -0.2) is 56.2 Å². The first-order chi connectivity index (χ1) is 15.4. The Morgan fingerprint density at radius 2 is 1.66 bits per heavy atom. The summed E-state index contributed by atoms with van der Waals surface area (Å²) in [6, 6.07) is 15.4. The number of piperazine rings is 1. The van der Waals surface area contributed by atoms with E-state index in [9.17, 15) is 18.0 Å². The number of Topliss-reactive ketones (excluding diaryl/α,β-unsaturated/α-hetero) is 1. The predicted molar refractivity (Wildman–Crippen MR) is 124 cm³/mol. The second-order valence-corrected chi connectivity index (χ2v) is 9.85. The maximum atomic E-state index is 12.5. The summed E-state index contributed by atoms with van der Waals surface area (Å²) in [5.74, 6) is -0.352. The number of hydrogen-bond acceptors (Lipinski definition) is 7. The van der Waals surface area contributed by atoms with Crippen LogP contribution in [0.5, 0.6) is 0 Å². The maximum absolute atomic E-state index is 12.5. The Hall–Kier alpha value is -3.24. The molecule has 1 aromatic heterocycles. The zero-order valence-corrected chi connectivity index (χ0v) is 18.8. The van der Waals surface area contributed by atoms with E-state index in [2.05, 4.69) is 14.6 Å². The fourth-order valence-corrected chi connectivity index (χ4v) is 5.26. The highest BCUT2D eigenvalue weighted by Crippen LogP contribution is 2.22. The molecule has 0 saturated carbocycles. The number of carbonyl (C=O) groups excluding carboxylic acids is 2. The van der Waals surface area contributed by atoms with Crippen molar-refractivity contribution in [3.8, 4) is 0 Å². The Balaban J connectivity index is 1.32. The van der Waals surface area contributed by atoms with Crippen molar-refractivity contribution in [1.82, 2.24) is 9.88 Å². The van der Waals surface area contributed by atoms with Crippen LogP contribution < -0.4 is 9.62 Å². The SMILES string of the molecule is O=C(CC(=O)N1CCN(c2ccc(S(=O)(=O)Nc3nccs3)cc2)CC1)c1ccccc1. The maximum Gasteiger partial charge on any atom is 0.263 e. The van der Waals surface area contributed by atoms with E-state index in [4.69, 9.17) is 0 Å². The van der Waals surface area contributed by atoms with Gasteiger partial charge in [0.2, 0.25) is 5.91 Å². The van der Waals surface area contributed by atoms with Gasteiger partial charge in [-0.1, -0.05) is 30.3 Å². The first kappa shape index (κ1) is 22.0. The van der Waals surface area contributed by atoms with Crippen LogP contribution in [-0.2, 0) is 14.8 Å². The molecule has 1 aliphatic rings. The van der Waals surface area contributed by atoms with Gasteiger partial charge in [-0.3, -0.25) is 14.3 Å². The zero-order chi connectivity index (χ0) is 22.6. The Kier molecular flexibility index (Phi) is 6.52. The highest BCUT2D eigenvalue weighted by molar-refractivity contribution is 7.93. The number of carbonyl (C=O) groups is 2. The number of hydrogen-bond donors (Lipinski definition) is 1. The summed E-state index contributed by atoms with van der Waals surface area (Å²) in [5.41, 5.74) is 1.42. The minimum Gasteiger partial charge on any atom is -0.368 e. The van der Waals surface area contributed by atoms with Gasteiger partial charge in [0, 0.05) is 49.0 Å². The van der Waals surface area contributed by atoms with Crippen molar-refractivity contribution in [2.75, 3.05) is 35.8 Å². The van der Waals surface area contributed by atoms with Crippen LogP contribution in [0, 0.1) is 0 Å². The minimum absolute atomic E-state index is 0.136. The molecule has 10 heteroatoms. The van der Waals surface area contributed by atoms with Crippen molar-refractivity contribution in [3.63, 3.8) is 0 Å². The molecule has 3 aromatic rings. The summed E-state index contributed by atoms with van der Waals surface area (Å²) in [6.45, 7) is 2.22. The molecular weight excluding hydrogens is 448 g/mol. The molecule has 1 fully saturated rings. The number of amides is 1. The molecule has 0 atom stereocenters. The van der Waals surface area contributed by atoms with Crippen LogP contribution >= 0.6 is 11.3 Å². The molecule has 0 unspecified atom stereocenters. The second kappa shape index (κ2) is 9.49. The zero-order valence-electron chi connectivity index (χ0n) is 17.2. The Bertz CT molecular complexity index is 1170. The van der Waals surface area contributed by atoms with Gasteiger partial charge < -0.3 is 9.80 Å². The molecule has 0 spiro atoms. The monoisotopic (exact) mass is 470 g/mol. The smallest absolute Gasteiger partial charge is 0.263 e. The van der Waals surface area contributed by atoms with E-state index in [0.717, 1.165) is 5.69 Å². The number of aromatic nitrogens is 1. The molecule has 1 aliphatic heterocycles. The van der Waals surface area contributed by atoms with E-state index < -0.39 is 10.0 Å². The normalized spacial score (nSPS) is 14.2. The second-order valence-electron chi connectivity index (χ2n) is 7.27. The lowest BCUT2D eigenvalue weighted by molar-refractivity contribution is -0.130. The van der Waals surface area contributed by atoms with Crippen LogP contribution in [0.25, 0.3) is 0 Å². The molecular formula is C22H22N4O4S2. The lowest BCUT2D eigenvalue weighted by atomic mass is 10.1. The van der Waals surface area contributed by atoms with Crippen molar-refractivity contribution in [3.05, 3.63) is 71.7 Å². The number of thiazole rings is 1. The number of nitrogens with one attached hydrogen (secondary N) is 1. The molecule has 0 bridgehead atoms. The first-order valence-electron chi connectivity index (χ1n) is 10.1. The van der Waals surface area contributed by atoms with E-state index in [0.29, 0.717) is 36.9 Å². The Morgan fingerprint density at radius 1 is 0.969 bits per heavy atom. The third-order valence-electron chi connectivity index (χ3n) is 5.21. The summed E-state index contributed by atoms with van der Waals surface area (Å²) in [5, 5.41) is 2.02. The van der Waals surface area contributed by atoms with Crippen molar-refractivity contribution in [2.45, 2.75) is 11.3 Å². The Labute approximate surface area is 190 Å². The van der Waals surface area contributed by atoms with E-state index in [1.165, 1.54) is 17.5 Å². The van der Waals surface area contributed by atoms with Crippen LogP contribution in [0.1, 0.15) is 16.8 Å². The molecule has 1 N–H and O–H groups in total. The number of sulfonamides is 1. The van der Waals surface area contributed by atoms with Crippen molar-refractivity contribution < 1.29 is 18.0 Å². The molecule has 0 aliphatic carbocycles. The van der Waals surface area contributed by atoms with Gasteiger partial charge in [0.15, 0.2) is 10.9 Å². The highest BCUT2D eigenvalue weighted by atomic mass is 32.2. The van der Waals surface area contributed by atoms with Gasteiger partial charge in [-0.2, -0.15) is 0 Å². The molecule has 32 heavy (non-hydrogen) atoms. The quantitative estimate of drug-likeness (QED) is 0.421. The lowest BCUT2D eigenvalue weighted by Gasteiger charge is -2.36. The van der Waals surface area contributed by atoms with E-state index in [1.54, 1.807) is 58.8 Å². The molecule has 166 valence electrons. The number of ketones is 1. The highest BCUT2D eigenvalue weighted by Gasteiger charge is 2.24. The van der Waals surface area contributed by atoms with Crippen molar-refractivity contribution >= 4 is 43.9 Å². The van der Waals surface area contributed by atoms with Gasteiger partial charge in [-0.25, -0.2) is 13.4 Å². The van der Waals surface area contributed by atoms with Crippen molar-refractivity contribution in [2.24, 2.45) is 0 Å². The average molecular weight is 471 g/mol. The largest absolute Gasteiger partial charge is 0.368 e. The van der Waals surface area contributed by atoms with Gasteiger partial charge in [0.1, 0.15) is 0 Å². The molecule has 8 nitrogen and oxygen atoms in total. The fraction of sp³-hybridized carbons (Fsp3) is 0.227. The summed E-state index contributed by atoms with van der Waals surface area (Å²) in [6.07, 6.45) is 1.40. The van der Waals surface area contributed by atoms with E-state index in [-0.39, 0.29) is 23.0 Å². The standard InChI is InChI=1S/C22H22N4O4S2/c27-20(17-4-2-1-3-5-17)16-21(28)26-13-11-25(12-14-26)18-6-8-19(9-7-18)32(29,30)24-22-23-10-15-31-22/h1-10,15H,11-14,16H2,(H,23,24). The first-order valence-corrected chi connectivity index (χ1v) is 12.4.